The number of hydrogen-bond acceptors (Lipinski definition) is 5. The Kier molecular flexibility index (Phi) is 7.55. The van der Waals surface area contributed by atoms with Crippen LogP contribution in [0.5, 0.6) is 11.5 Å². The van der Waals surface area contributed by atoms with Crippen LogP contribution in [-0.4, -0.2) is 29.1 Å². The number of halogens is 1. The Hall–Kier alpha value is -3.98. The Morgan fingerprint density at radius 1 is 0.974 bits per heavy atom. The highest BCUT2D eigenvalue weighted by atomic mass is 127. The summed E-state index contributed by atoms with van der Waals surface area (Å²) in [6.45, 7) is 4.48. The first-order valence-corrected chi connectivity index (χ1v) is 13.3. The second kappa shape index (κ2) is 11.2. The van der Waals surface area contributed by atoms with Crippen LogP contribution in [0.2, 0.25) is 0 Å². The SMILES string of the molecule is CCOc1cc(/C=C2/C(=O)N(C(=O)c3ccccc3)N=C2C)cc(I)c1OCc1cccc2ccccc12. The number of nitrogens with zero attached hydrogens (tertiary/aromatic N) is 2. The zero-order valence-corrected chi connectivity index (χ0v) is 23.1. The Labute approximate surface area is 234 Å². The Morgan fingerprint density at radius 3 is 2.50 bits per heavy atom. The van der Waals surface area contributed by atoms with Crippen LogP contribution in [0.4, 0.5) is 0 Å². The molecule has 0 aromatic heterocycles. The third-order valence-electron chi connectivity index (χ3n) is 6.17. The molecule has 2 amide bonds. The molecule has 0 atom stereocenters. The van der Waals surface area contributed by atoms with Crippen LogP contribution in [0, 0.1) is 3.57 Å². The minimum Gasteiger partial charge on any atom is -0.490 e. The lowest BCUT2D eigenvalue weighted by Crippen LogP contribution is -2.29. The van der Waals surface area contributed by atoms with E-state index in [1.54, 1.807) is 37.3 Å². The number of ether oxygens (including phenoxy) is 2. The molecular formula is C31H25IN2O4. The zero-order chi connectivity index (χ0) is 26.6. The molecule has 0 spiro atoms. The highest BCUT2D eigenvalue weighted by Crippen LogP contribution is 2.36. The summed E-state index contributed by atoms with van der Waals surface area (Å²) in [4.78, 5) is 26.0. The van der Waals surface area contributed by atoms with Crippen LogP contribution in [0.1, 0.15) is 35.3 Å². The summed E-state index contributed by atoms with van der Waals surface area (Å²) in [5, 5.41) is 7.47. The fraction of sp³-hybridized carbons (Fsp3) is 0.129. The van der Waals surface area contributed by atoms with E-state index in [0.29, 0.717) is 41.6 Å². The van der Waals surface area contributed by atoms with Gasteiger partial charge in [-0.2, -0.15) is 10.1 Å². The van der Waals surface area contributed by atoms with Crippen molar-refractivity contribution in [2.45, 2.75) is 20.5 Å². The maximum atomic E-state index is 13.1. The normalized spacial score (nSPS) is 14.2. The minimum atomic E-state index is -0.458. The molecule has 4 aromatic carbocycles. The van der Waals surface area contributed by atoms with Crippen LogP contribution in [0.15, 0.2) is 95.6 Å². The standard InChI is InChI=1S/C31H25IN2O4/c1-3-37-28-18-21(16-26-20(2)33-34(31(26)36)30(35)23-11-5-4-6-12-23)17-27(32)29(28)38-19-24-14-9-13-22-10-7-8-15-25(22)24/h4-18H,3,19H2,1-2H3/b26-16+. The number of rotatable bonds is 7. The summed E-state index contributed by atoms with van der Waals surface area (Å²) in [6, 6.07) is 26.8. The van der Waals surface area contributed by atoms with E-state index in [9.17, 15) is 9.59 Å². The molecule has 0 radical (unpaired) electrons. The maximum absolute atomic E-state index is 13.1. The molecule has 0 unspecified atom stereocenters. The van der Waals surface area contributed by atoms with Crippen LogP contribution in [0.3, 0.4) is 0 Å². The number of amides is 2. The van der Waals surface area contributed by atoms with Gasteiger partial charge in [0, 0.05) is 5.56 Å². The van der Waals surface area contributed by atoms with Gasteiger partial charge in [0.25, 0.3) is 11.8 Å². The van der Waals surface area contributed by atoms with Crippen molar-refractivity contribution in [3.63, 3.8) is 0 Å². The van der Waals surface area contributed by atoms with Crippen molar-refractivity contribution in [1.29, 1.82) is 0 Å². The third kappa shape index (κ3) is 5.19. The van der Waals surface area contributed by atoms with Gasteiger partial charge in [-0.15, -0.1) is 0 Å². The van der Waals surface area contributed by atoms with Crippen molar-refractivity contribution in [2.75, 3.05) is 6.61 Å². The first-order valence-electron chi connectivity index (χ1n) is 12.2. The van der Waals surface area contributed by atoms with Gasteiger partial charge in [0.15, 0.2) is 11.5 Å². The van der Waals surface area contributed by atoms with Gasteiger partial charge < -0.3 is 9.47 Å². The third-order valence-corrected chi connectivity index (χ3v) is 6.97. The number of hydrogen-bond donors (Lipinski definition) is 0. The monoisotopic (exact) mass is 616 g/mol. The van der Waals surface area contributed by atoms with E-state index in [2.05, 4.69) is 52.0 Å². The van der Waals surface area contributed by atoms with Crippen LogP contribution in [0.25, 0.3) is 16.8 Å². The van der Waals surface area contributed by atoms with Gasteiger partial charge in [-0.25, -0.2) is 0 Å². The van der Waals surface area contributed by atoms with Crippen molar-refractivity contribution in [3.8, 4) is 11.5 Å². The summed E-state index contributed by atoms with van der Waals surface area (Å²) < 4.78 is 13.1. The molecule has 1 aliphatic heterocycles. The first kappa shape index (κ1) is 25.7. The van der Waals surface area contributed by atoms with Crippen molar-refractivity contribution in [1.82, 2.24) is 5.01 Å². The average Bonchev–Trinajstić information content (AvgIpc) is 3.21. The molecule has 1 aliphatic rings. The molecule has 0 N–H and O–H groups in total. The lowest BCUT2D eigenvalue weighted by molar-refractivity contribution is -0.123. The topological polar surface area (TPSA) is 68.2 Å². The molecule has 6 nitrogen and oxygen atoms in total. The summed E-state index contributed by atoms with van der Waals surface area (Å²) in [5.74, 6) is 0.316. The Balaban J connectivity index is 1.42. The Morgan fingerprint density at radius 2 is 1.71 bits per heavy atom. The lowest BCUT2D eigenvalue weighted by atomic mass is 10.1. The molecule has 7 heteroatoms. The van der Waals surface area contributed by atoms with Crippen LogP contribution in [-0.2, 0) is 11.4 Å². The lowest BCUT2D eigenvalue weighted by Gasteiger charge is -2.16. The van der Waals surface area contributed by atoms with Gasteiger partial charge >= 0.3 is 0 Å². The highest BCUT2D eigenvalue weighted by Gasteiger charge is 2.33. The Bertz CT molecular complexity index is 1590. The number of hydrazone groups is 1. The summed E-state index contributed by atoms with van der Waals surface area (Å²) >= 11 is 2.22. The van der Waals surface area contributed by atoms with Crippen molar-refractivity contribution >= 4 is 57.0 Å². The average molecular weight is 616 g/mol. The predicted molar refractivity (Wildman–Crippen MR) is 157 cm³/mol. The van der Waals surface area contributed by atoms with E-state index in [4.69, 9.17) is 9.47 Å². The van der Waals surface area contributed by atoms with Gasteiger partial charge in [0.2, 0.25) is 0 Å². The number of benzene rings is 4. The van der Waals surface area contributed by atoms with Crippen molar-refractivity contribution in [3.05, 3.63) is 111 Å². The van der Waals surface area contributed by atoms with E-state index in [0.717, 1.165) is 30.5 Å². The number of carbonyl (C=O) groups excluding carboxylic acids is 2. The van der Waals surface area contributed by atoms with Gasteiger partial charge in [0.05, 0.1) is 21.5 Å². The predicted octanol–water partition coefficient (Wildman–Crippen LogP) is 6.86. The molecule has 38 heavy (non-hydrogen) atoms. The molecule has 0 saturated heterocycles. The van der Waals surface area contributed by atoms with E-state index < -0.39 is 11.8 Å². The largest absolute Gasteiger partial charge is 0.490 e. The molecule has 0 saturated carbocycles. The van der Waals surface area contributed by atoms with Crippen LogP contribution < -0.4 is 9.47 Å². The highest BCUT2D eigenvalue weighted by molar-refractivity contribution is 14.1. The van der Waals surface area contributed by atoms with Gasteiger partial charge in [-0.3, -0.25) is 9.59 Å². The minimum absolute atomic E-state index is 0.358. The molecule has 0 aliphatic carbocycles. The van der Waals surface area contributed by atoms with E-state index in [1.165, 1.54) is 0 Å². The molecule has 0 fully saturated rings. The van der Waals surface area contributed by atoms with Gasteiger partial charge in [-0.1, -0.05) is 60.7 Å². The summed E-state index contributed by atoms with van der Waals surface area (Å²) in [6.07, 6.45) is 1.73. The molecular weight excluding hydrogens is 591 g/mol. The fourth-order valence-corrected chi connectivity index (χ4v) is 5.12. The van der Waals surface area contributed by atoms with E-state index in [-0.39, 0.29) is 0 Å². The van der Waals surface area contributed by atoms with Crippen molar-refractivity contribution < 1.29 is 19.1 Å². The zero-order valence-electron chi connectivity index (χ0n) is 21.0. The summed E-state index contributed by atoms with van der Waals surface area (Å²) in [5.41, 5.74) is 3.07. The second-order valence-electron chi connectivity index (χ2n) is 8.72. The summed E-state index contributed by atoms with van der Waals surface area (Å²) in [7, 11) is 0. The second-order valence-corrected chi connectivity index (χ2v) is 9.88. The fourth-order valence-electron chi connectivity index (χ4n) is 4.33. The van der Waals surface area contributed by atoms with Crippen LogP contribution >= 0.6 is 22.6 Å². The smallest absolute Gasteiger partial charge is 0.283 e. The van der Waals surface area contributed by atoms with E-state index >= 15 is 0 Å². The number of fused-ring (bicyclic) bond motifs is 1. The van der Waals surface area contributed by atoms with Gasteiger partial charge in [0.1, 0.15) is 6.61 Å². The first-order chi connectivity index (χ1) is 18.5. The number of carbonyl (C=O) groups is 2. The van der Waals surface area contributed by atoms with Gasteiger partial charge in [-0.05, 0) is 88.7 Å². The molecule has 190 valence electrons. The number of imide groups is 1. The van der Waals surface area contributed by atoms with E-state index in [1.807, 2.05) is 43.3 Å². The molecule has 4 aromatic rings. The molecule has 5 rings (SSSR count). The molecule has 0 bridgehead atoms. The molecule has 1 heterocycles. The maximum Gasteiger partial charge on any atom is 0.283 e. The van der Waals surface area contributed by atoms with Crippen molar-refractivity contribution in [2.24, 2.45) is 5.10 Å². The quantitative estimate of drug-likeness (QED) is 0.129.